The fourth-order valence-corrected chi connectivity index (χ4v) is 4.07. The first-order valence-corrected chi connectivity index (χ1v) is 11.3. The van der Waals surface area contributed by atoms with Crippen LogP contribution in [-0.2, 0) is 14.8 Å². The predicted molar refractivity (Wildman–Crippen MR) is 116 cm³/mol. The molecule has 31 heavy (non-hydrogen) atoms. The first-order valence-electron chi connectivity index (χ1n) is 9.41. The molecule has 1 aromatic heterocycles. The third-order valence-corrected chi connectivity index (χ3v) is 6.26. The van der Waals surface area contributed by atoms with E-state index in [0.717, 1.165) is 11.3 Å². The summed E-state index contributed by atoms with van der Waals surface area (Å²) in [6, 6.07) is 14.8. The van der Waals surface area contributed by atoms with E-state index in [4.69, 9.17) is 21.5 Å². The number of sulfonamides is 1. The maximum absolute atomic E-state index is 12.6. The molecule has 1 atom stereocenters. The summed E-state index contributed by atoms with van der Waals surface area (Å²) in [5.41, 5.74) is 2.28. The van der Waals surface area contributed by atoms with E-state index in [9.17, 15) is 13.2 Å². The molecule has 2 N–H and O–H groups in total. The Morgan fingerprint density at radius 2 is 1.84 bits per heavy atom. The predicted octanol–water partition coefficient (Wildman–Crippen LogP) is 3.40. The van der Waals surface area contributed by atoms with E-state index in [1.165, 1.54) is 12.1 Å². The number of carbonyl (C=O) groups excluding carboxylic acids is 1. The van der Waals surface area contributed by atoms with Crippen molar-refractivity contribution in [1.29, 1.82) is 0 Å². The van der Waals surface area contributed by atoms with E-state index in [0.29, 0.717) is 35.3 Å². The number of carbonyl (C=O) groups is 1. The lowest BCUT2D eigenvalue weighted by atomic mass is 9.98. The van der Waals surface area contributed by atoms with Gasteiger partial charge in [-0.25, -0.2) is 13.6 Å². The number of anilines is 1. The molecule has 160 valence electrons. The molecule has 1 aliphatic rings. The number of benzene rings is 2. The molecule has 0 spiro atoms. The van der Waals surface area contributed by atoms with Gasteiger partial charge in [0.15, 0.2) is 0 Å². The van der Waals surface area contributed by atoms with Gasteiger partial charge in [-0.2, -0.15) is 5.10 Å². The molecule has 4 rings (SSSR count). The number of halogens is 1. The average Bonchev–Trinajstić information content (AvgIpc) is 3.12. The average molecular weight is 459 g/mol. The van der Waals surface area contributed by atoms with Crippen LogP contribution in [0.1, 0.15) is 23.6 Å². The van der Waals surface area contributed by atoms with Gasteiger partial charge in [0, 0.05) is 30.6 Å². The lowest BCUT2D eigenvalue weighted by molar-refractivity contribution is -0.117. The van der Waals surface area contributed by atoms with Gasteiger partial charge in [0.05, 0.1) is 15.6 Å². The van der Waals surface area contributed by atoms with Crippen molar-refractivity contribution in [3.05, 3.63) is 70.9 Å². The number of nitrogens with zero attached hydrogens (tertiary/aromatic N) is 3. The second-order valence-electron chi connectivity index (χ2n) is 7.25. The van der Waals surface area contributed by atoms with Crippen molar-refractivity contribution in [2.75, 3.05) is 11.4 Å². The van der Waals surface area contributed by atoms with Crippen molar-refractivity contribution >= 4 is 33.2 Å². The lowest BCUT2D eigenvalue weighted by Gasteiger charge is -2.17. The normalized spacial score (nSPS) is 16.5. The third-order valence-electron chi connectivity index (χ3n) is 5.02. The smallest absolute Gasteiger partial charge is 0.238 e. The Morgan fingerprint density at radius 1 is 1.10 bits per heavy atom. The summed E-state index contributed by atoms with van der Waals surface area (Å²) in [5, 5.41) is 13.5. The number of primary sulfonamides is 1. The molecule has 1 aliphatic heterocycles. The molecule has 0 saturated carbocycles. The van der Waals surface area contributed by atoms with Crippen LogP contribution in [0.5, 0.6) is 11.6 Å². The Bertz CT molecular complexity index is 1230. The number of amides is 1. The van der Waals surface area contributed by atoms with E-state index in [-0.39, 0.29) is 16.7 Å². The molecule has 1 saturated heterocycles. The maximum atomic E-state index is 12.6. The molecule has 1 fully saturated rings. The topological polar surface area (TPSA) is 115 Å². The number of ether oxygens (including phenoxy) is 1. The van der Waals surface area contributed by atoms with Gasteiger partial charge in [-0.1, -0.05) is 17.7 Å². The molecule has 3 aromatic rings. The quantitative estimate of drug-likeness (QED) is 0.626. The summed E-state index contributed by atoms with van der Waals surface area (Å²) >= 11 is 6.28. The Labute approximate surface area is 184 Å². The van der Waals surface area contributed by atoms with Crippen molar-refractivity contribution in [2.45, 2.75) is 24.2 Å². The maximum Gasteiger partial charge on any atom is 0.238 e. The molecule has 0 unspecified atom stereocenters. The highest BCUT2D eigenvalue weighted by molar-refractivity contribution is 7.89. The Morgan fingerprint density at radius 3 is 2.48 bits per heavy atom. The number of hydrogen-bond donors (Lipinski definition) is 1. The molecule has 2 aromatic carbocycles. The largest absolute Gasteiger partial charge is 0.436 e. The van der Waals surface area contributed by atoms with Crippen molar-refractivity contribution in [2.24, 2.45) is 5.14 Å². The van der Waals surface area contributed by atoms with Crippen LogP contribution < -0.4 is 14.8 Å². The first kappa shape index (κ1) is 21.2. The summed E-state index contributed by atoms with van der Waals surface area (Å²) in [6.07, 6.45) is 0.308. The number of nitrogens with two attached hydrogens (primary N) is 1. The summed E-state index contributed by atoms with van der Waals surface area (Å²) in [4.78, 5) is 14.2. The van der Waals surface area contributed by atoms with Gasteiger partial charge in [0.25, 0.3) is 0 Å². The van der Waals surface area contributed by atoms with Crippen molar-refractivity contribution in [1.82, 2.24) is 10.2 Å². The van der Waals surface area contributed by atoms with Crippen molar-refractivity contribution in [3.8, 4) is 11.6 Å². The third kappa shape index (κ3) is 4.68. The Balaban J connectivity index is 1.54. The van der Waals surface area contributed by atoms with Crippen LogP contribution in [0.25, 0.3) is 0 Å². The van der Waals surface area contributed by atoms with Crippen LogP contribution >= 0.6 is 11.6 Å². The molecule has 8 nitrogen and oxygen atoms in total. The molecular formula is C21H19ClN4O4S. The van der Waals surface area contributed by atoms with Gasteiger partial charge >= 0.3 is 0 Å². The zero-order valence-electron chi connectivity index (χ0n) is 16.5. The van der Waals surface area contributed by atoms with Crippen LogP contribution in [0.3, 0.4) is 0 Å². The monoisotopic (exact) mass is 458 g/mol. The van der Waals surface area contributed by atoms with E-state index in [1.54, 1.807) is 41.3 Å². The number of aromatic nitrogens is 2. The van der Waals surface area contributed by atoms with Gasteiger partial charge in [-0.05, 0) is 55.0 Å². The van der Waals surface area contributed by atoms with Crippen LogP contribution in [0.4, 0.5) is 5.69 Å². The molecular weight excluding hydrogens is 440 g/mol. The van der Waals surface area contributed by atoms with Crippen LogP contribution in [0.15, 0.2) is 59.5 Å². The minimum atomic E-state index is -3.79. The standard InChI is InChI=1S/C21H19ClN4O4S/c1-13-2-9-20(25-24-13)30-19-10-14(3-8-18(19)22)15-11-21(27)26(12-15)16-4-6-17(7-5-16)31(23,28)29/h2-10,15H,11-12H2,1H3,(H2,23,28,29)/t15-/m0/s1. The fraction of sp³-hybridized carbons (Fsp3) is 0.190. The van der Waals surface area contributed by atoms with E-state index < -0.39 is 10.0 Å². The fourth-order valence-electron chi connectivity index (χ4n) is 3.40. The van der Waals surface area contributed by atoms with Gasteiger partial charge in [-0.3, -0.25) is 4.79 Å². The van der Waals surface area contributed by atoms with Crippen LogP contribution in [-0.4, -0.2) is 31.1 Å². The number of hydrogen-bond acceptors (Lipinski definition) is 6. The SMILES string of the molecule is Cc1ccc(Oc2cc([C@H]3CC(=O)N(c4ccc(S(N)(=O)=O)cc4)C3)ccc2Cl)nn1. The molecule has 0 bridgehead atoms. The highest BCUT2D eigenvalue weighted by Crippen LogP contribution is 2.36. The zero-order chi connectivity index (χ0) is 22.2. The highest BCUT2D eigenvalue weighted by atomic mass is 35.5. The molecule has 2 heterocycles. The second kappa shape index (κ2) is 8.26. The minimum absolute atomic E-state index is 0.00172. The van der Waals surface area contributed by atoms with Gasteiger partial charge in [0.1, 0.15) is 5.75 Å². The molecule has 10 heteroatoms. The van der Waals surface area contributed by atoms with Crippen molar-refractivity contribution in [3.63, 3.8) is 0 Å². The van der Waals surface area contributed by atoms with Gasteiger partial charge < -0.3 is 9.64 Å². The van der Waals surface area contributed by atoms with Crippen LogP contribution in [0, 0.1) is 6.92 Å². The molecule has 0 aliphatic carbocycles. The second-order valence-corrected chi connectivity index (χ2v) is 9.22. The number of aryl methyl sites for hydroxylation is 1. The number of rotatable bonds is 5. The first-order chi connectivity index (χ1) is 14.7. The summed E-state index contributed by atoms with van der Waals surface area (Å²) in [6.45, 7) is 2.27. The van der Waals surface area contributed by atoms with E-state index >= 15 is 0 Å². The summed E-state index contributed by atoms with van der Waals surface area (Å²) in [5.74, 6) is 0.619. The minimum Gasteiger partial charge on any atom is -0.436 e. The van der Waals surface area contributed by atoms with Gasteiger partial charge in [0.2, 0.25) is 21.8 Å². The summed E-state index contributed by atoms with van der Waals surface area (Å²) < 4.78 is 28.7. The van der Waals surface area contributed by atoms with Crippen LogP contribution in [0.2, 0.25) is 5.02 Å². The Hall–Kier alpha value is -3.01. The Kier molecular flexibility index (Phi) is 5.65. The summed E-state index contributed by atoms with van der Waals surface area (Å²) in [7, 11) is -3.79. The van der Waals surface area contributed by atoms with Gasteiger partial charge in [-0.15, -0.1) is 5.10 Å². The molecule has 0 radical (unpaired) electrons. The van der Waals surface area contributed by atoms with E-state index in [2.05, 4.69) is 10.2 Å². The van der Waals surface area contributed by atoms with E-state index in [1.807, 2.05) is 13.0 Å². The molecule has 1 amide bonds. The van der Waals surface area contributed by atoms with Crippen molar-refractivity contribution < 1.29 is 17.9 Å². The highest BCUT2D eigenvalue weighted by Gasteiger charge is 2.32. The zero-order valence-corrected chi connectivity index (χ0v) is 18.1. The lowest BCUT2D eigenvalue weighted by Crippen LogP contribution is -2.24.